The van der Waals surface area contributed by atoms with E-state index in [1.54, 1.807) is 0 Å². The molecule has 0 aliphatic carbocycles. The van der Waals surface area contributed by atoms with Crippen LogP contribution in [0.25, 0.3) is 0 Å². The van der Waals surface area contributed by atoms with E-state index in [0.717, 1.165) is 0 Å². The van der Waals surface area contributed by atoms with Crippen molar-refractivity contribution in [2.45, 2.75) is 104 Å². The molecule has 0 aliphatic heterocycles. The number of rotatable bonds is 13. The van der Waals surface area contributed by atoms with Gasteiger partial charge in [-0.2, -0.15) is 0 Å². The molecule has 1 unspecified atom stereocenters. The third-order valence-electron chi connectivity index (χ3n) is 3.39. The maximum Gasteiger partial charge on any atom is 0.205 e. The first-order valence-corrected chi connectivity index (χ1v) is 10.6. The van der Waals surface area contributed by atoms with Gasteiger partial charge in [0.2, 0.25) is 9.04 Å². The second-order valence-electron chi connectivity index (χ2n) is 5.70. The highest BCUT2D eigenvalue weighted by Gasteiger charge is 2.10. The van der Waals surface area contributed by atoms with Gasteiger partial charge in [0.15, 0.2) is 0 Å². The van der Waals surface area contributed by atoms with Gasteiger partial charge in [-0.05, 0) is 25.9 Å². The van der Waals surface area contributed by atoms with E-state index >= 15 is 0 Å². The van der Waals surface area contributed by atoms with Crippen molar-refractivity contribution in [1.29, 1.82) is 0 Å². The standard InChI is InChI=1S/C16H35OSi/c1-5-7-8-9-10-11-12-13-15-16(14-6-2)17-18(3)4/h16H,5-15H2,1-4H3. The lowest BCUT2D eigenvalue weighted by Gasteiger charge is -2.19. The number of unbranched alkanes of at least 4 members (excludes halogenated alkanes) is 7. The van der Waals surface area contributed by atoms with Crippen molar-refractivity contribution < 1.29 is 4.43 Å². The summed E-state index contributed by atoms with van der Waals surface area (Å²) >= 11 is 0. The summed E-state index contributed by atoms with van der Waals surface area (Å²) in [6.07, 6.45) is 15.7. The summed E-state index contributed by atoms with van der Waals surface area (Å²) in [6, 6.07) is 0. The van der Waals surface area contributed by atoms with Crippen LogP contribution in [0.3, 0.4) is 0 Å². The van der Waals surface area contributed by atoms with Gasteiger partial charge >= 0.3 is 0 Å². The quantitative estimate of drug-likeness (QED) is 0.297. The maximum atomic E-state index is 6.05. The minimum Gasteiger partial charge on any atom is -0.414 e. The zero-order valence-corrected chi connectivity index (χ0v) is 14.3. The molecule has 1 atom stereocenters. The van der Waals surface area contributed by atoms with Crippen LogP contribution in [-0.4, -0.2) is 15.1 Å². The van der Waals surface area contributed by atoms with Gasteiger partial charge in [-0.1, -0.05) is 71.6 Å². The van der Waals surface area contributed by atoms with Gasteiger partial charge < -0.3 is 4.43 Å². The second kappa shape index (κ2) is 13.6. The third-order valence-corrected chi connectivity index (χ3v) is 4.20. The minimum atomic E-state index is -0.512. The number of hydrogen-bond donors (Lipinski definition) is 0. The highest BCUT2D eigenvalue weighted by Crippen LogP contribution is 2.15. The van der Waals surface area contributed by atoms with Crippen molar-refractivity contribution in [2.24, 2.45) is 0 Å². The van der Waals surface area contributed by atoms with E-state index in [4.69, 9.17) is 4.43 Å². The Labute approximate surface area is 117 Å². The van der Waals surface area contributed by atoms with E-state index < -0.39 is 9.04 Å². The molecular weight excluding hydrogens is 236 g/mol. The lowest BCUT2D eigenvalue weighted by molar-refractivity contribution is 0.178. The zero-order chi connectivity index (χ0) is 13.6. The lowest BCUT2D eigenvalue weighted by atomic mass is 10.0. The Hall–Kier alpha value is 0.177. The van der Waals surface area contributed by atoms with Crippen molar-refractivity contribution in [3.8, 4) is 0 Å². The Kier molecular flexibility index (Phi) is 13.7. The van der Waals surface area contributed by atoms with Crippen LogP contribution < -0.4 is 0 Å². The smallest absolute Gasteiger partial charge is 0.205 e. The molecule has 0 amide bonds. The van der Waals surface area contributed by atoms with Crippen LogP contribution in [0, 0.1) is 0 Å². The van der Waals surface area contributed by atoms with E-state index in [1.807, 2.05) is 0 Å². The van der Waals surface area contributed by atoms with Gasteiger partial charge in [0.25, 0.3) is 0 Å². The maximum absolute atomic E-state index is 6.05. The van der Waals surface area contributed by atoms with Crippen molar-refractivity contribution in [3.05, 3.63) is 0 Å². The summed E-state index contributed by atoms with van der Waals surface area (Å²) in [4.78, 5) is 0. The van der Waals surface area contributed by atoms with E-state index in [-0.39, 0.29) is 0 Å². The summed E-state index contributed by atoms with van der Waals surface area (Å²) in [7, 11) is -0.512. The molecule has 0 aliphatic rings. The first-order chi connectivity index (χ1) is 8.70. The minimum absolute atomic E-state index is 0.512. The van der Waals surface area contributed by atoms with Crippen LogP contribution in [-0.2, 0) is 4.43 Å². The molecule has 0 saturated carbocycles. The Morgan fingerprint density at radius 1 is 0.722 bits per heavy atom. The van der Waals surface area contributed by atoms with Gasteiger partial charge in [-0.25, -0.2) is 0 Å². The SMILES string of the molecule is CCCCCCCCCCC(CCC)O[Si](C)C. The third kappa shape index (κ3) is 12.6. The number of hydrogen-bond acceptors (Lipinski definition) is 1. The van der Waals surface area contributed by atoms with Crippen molar-refractivity contribution >= 4 is 9.04 Å². The van der Waals surface area contributed by atoms with E-state index in [2.05, 4.69) is 26.9 Å². The van der Waals surface area contributed by atoms with Gasteiger partial charge in [0, 0.05) is 6.10 Å². The van der Waals surface area contributed by atoms with Crippen molar-refractivity contribution in [1.82, 2.24) is 0 Å². The largest absolute Gasteiger partial charge is 0.414 e. The molecule has 0 N–H and O–H groups in total. The highest BCUT2D eigenvalue weighted by molar-refractivity contribution is 6.48. The Bertz CT molecular complexity index is 159. The first-order valence-electron chi connectivity index (χ1n) is 8.17. The first kappa shape index (κ1) is 18.2. The average molecular weight is 272 g/mol. The molecule has 0 aromatic rings. The summed E-state index contributed by atoms with van der Waals surface area (Å²) in [5, 5.41) is 0. The zero-order valence-electron chi connectivity index (χ0n) is 13.3. The topological polar surface area (TPSA) is 9.23 Å². The second-order valence-corrected chi connectivity index (χ2v) is 7.75. The molecule has 0 heterocycles. The van der Waals surface area contributed by atoms with Crippen LogP contribution >= 0.6 is 0 Å². The van der Waals surface area contributed by atoms with Crippen LogP contribution in [0.4, 0.5) is 0 Å². The summed E-state index contributed by atoms with van der Waals surface area (Å²) < 4.78 is 6.05. The van der Waals surface area contributed by atoms with E-state index in [1.165, 1.54) is 70.6 Å². The van der Waals surface area contributed by atoms with Crippen molar-refractivity contribution in [2.75, 3.05) is 0 Å². The Morgan fingerprint density at radius 3 is 1.78 bits per heavy atom. The molecule has 0 bridgehead atoms. The molecular formula is C16H35OSi. The lowest BCUT2D eigenvalue weighted by Crippen LogP contribution is -2.20. The van der Waals surface area contributed by atoms with Gasteiger partial charge in [0.1, 0.15) is 0 Å². The van der Waals surface area contributed by atoms with Gasteiger partial charge in [0.05, 0.1) is 0 Å². The molecule has 1 nitrogen and oxygen atoms in total. The molecule has 0 spiro atoms. The molecule has 0 aromatic carbocycles. The van der Waals surface area contributed by atoms with E-state index in [9.17, 15) is 0 Å². The molecule has 18 heavy (non-hydrogen) atoms. The average Bonchev–Trinajstić information content (AvgIpc) is 2.32. The normalized spacial score (nSPS) is 13.2. The van der Waals surface area contributed by atoms with Crippen molar-refractivity contribution in [3.63, 3.8) is 0 Å². The Morgan fingerprint density at radius 2 is 1.28 bits per heavy atom. The van der Waals surface area contributed by atoms with Crippen LogP contribution in [0.15, 0.2) is 0 Å². The predicted octanol–water partition coefficient (Wildman–Crippen LogP) is 5.95. The fourth-order valence-corrected chi connectivity index (χ4v) is 3.33. The van der Waals surface area contributed by atoms with Crippen LogP contribution in [0.1, 0.15) is 84.5 Å². The van der Waals surface area contributed by atoms with Gasteiger partial charge in [-0.3, -0.25) is 0 Å². The Balaban J connectivity index is 3.37. The molecule has 1 radical (unpaired) electrons. The highest BCUT2D eigenvalue weighted by atomic mass is 28.3. The molecule has 0 fully saturated rings. The van der Waals surface area contributed by atoms with Gasteiger partial charge in [-0.15, -0.1) is 0 Å². The fourth-order valence-electron chi connectivity index (χ4n) is 2.42. The summed E-state index contributed by atoms with van der Waals surface area (Å²) in [6.45, 7) is 9.05. The summed E-state index contributed by atoms with van der Waals surface area (Å²) in [5.41, 5.74) is 0. The fraction of sp³-hybridized carbons (Fsp3) is 1.00. The molecule has 0 saturated heterocycles. The van der Waals surface area contributed by atoms with Crippen LogP contribution in [0.2, 0.25) is 13.1 Å². The van der Waals surface area contributed by atoms with Crippen LogP contribution in [0.5, 0.6) is 0 Å². The molecule has 0 aromatic heterocycles. The monoisotopic (exact) mass is 271 g/mol. The molecule has 2 heteroatoms. The predicted molar refractivity (Wildman–Crippen MR) is 84.5 cm³/mol. The molecule has 0 rings (SSSR count). The summed E-state index contributed by atoms with van der Waals surface area (Å²) in [5.74, 6) is 0. The molecule has 109 valence electrons. The van der Waals surface area contributed by atoms with E-state index in [0.29, 0.717) is 6.10 Å².